The molecule has 0 aliphatic carbocycles. The fourth-order valence-corrected chi connectivity index (χ4v) is 3.24. The average molecular weight is 520 g/mol. The molecule has 1 aromatic heterocycles. The third-order valence-electron chi connectivity index (χ3n) is 3.44. The highest BCUT2D eigenvalue weighted by Gasteiger charge is 2.38. The summed E-state index contributed by atoms with van der Waals surface area (Å²) in [6.07, 6.45) is -4.96. The lowest BCUT2D eigenvalue weighted by molar-refractivity contribution is -0.167. The molecule has 3 N–H and O–H groups in total. The van der Waals surface area contributed by atoms with Gasteiger partial charge < -0.3 is 15.6 Å². The van der Waals surface area contributed by atoms with Crippen LogP contribution in [0.2, 0.25) is 0 Å². The van der Waals surface area contributed by atoms with Crippen LogP contribution in [-0.4, -0.2) is 33.7 Å². The summed E-state index contributed by atoms with van der Waals surface area (Å²) in [7, 11) is 0. The Labute approximate surface area is 174 Å². The Hall–Kier alpha value is -2.28. The number of benzene rings is 2. The molecule has 0 atom stereocenters. The number of amides is 2. The van der Waals surface area contributed by atoms with Gasteiger partial charge in [-0.25, -0.2) is 4.98 Å². The molecule has 0 spiro atoms. The van der Waals surface area contributed by atoms with Gasteiger partial charge in [0.2, 0.25) is 5.91 Å². The minimum atomic E-state index is -4.96. The van der Waals surface area contributed by atoms with Crippen molar-refractivity contribution in [3.63, 3.8) is 0 Å². The van der Waals surface area contributed by atoms with Crippen molar-refractivity contribution in [1.29, 1.82) is 0 Å². The number of hydrogen-bond acceptors (Lipinski definition) is 4. The van der Waals surface area contributed by atoms with Crippen LogP contribution in [0.3, 0.4) is 0 Å². The number of imidazole rings is 1. The van der Waals surface area contributed by atoms with Crippen molar-refractivity contribution in [2.75, 3.05) is 16.4 Å². The SMILES string of the molecule is O=C(CSc1nc2ccc(NC(=O)C(F)(F)F)cc2[nH]1)Nc1ccc(I)cc1. The second-order valence-corrected chi connectivity index (χ2v) is 7.78. The van der Waals surface area contributed by atoms with Gasteiger partial charge in [0.05, 0.1) is 16.8 Å². The number of hydrogen-bond donors (Lipinski definition) is 3. The number of fused-ring (bicyclic) bond motifs is 1. The normalized spacial score (nSPS) is 11.4. The zero-order chi connectivity index (χ0) is 20.3. The molecule has 1 heterocycles. The quantitative estimate of drug-likeness (QED) is 0.344. The largest absolute Gasteiger partial charge is 0.471 e. The Morgan fingerprint density at radius 1 is 1.07 bits per heavy atom. The molecule has 146 valence electrons. The van der Waals surface area contributed by atoms with Crippen LogP contribution in [0, 0.1) is 3.57 Å². The van der Waals surface area contributed by atoms with Crippen molar-refractivity contribution in [3.8, 4) is 0 Å². The molecule has 0 saturated carbocycles. The fraction of sp³-hybridized carbons (Fsp3) is 0.118. The van der Waals surface area contributed by atoms with Gasteiger partial charge in [0.15, 0.2) is 5.16 Å². The van der Waals surface area contributed by atoms with Crippen molar-refractivity contribution < 1.29 is 22.8 Å². The van der Waals surface area contributed by atoms with Crippen molar-refractivity contribution in [2.45, 2.75) is 11.3 Å². The van der Waals surface area contributed by atoms with Crippen LogP contribution in [0.15, 0.2) is 47.6 Å². The number of rotatable bonds is 5. The van der Waals surface area contributed by atoms with E-state index in [0.717, 1.165) is 15.3 Å². The van der Waals surface area contributed by atoms with Crippen LogP contribution in [0.25, 0.3) is 11.0 Å². The van der Waals surface area contributed by atoms with E-state index in [1.807, 2.05) is 12.1 Å². The Morgan fingerprint density at radius 2 is 1.75 bits per heavy atom. The van der Waals surface area contributed by atoms with Crippen LogP contribution in [0.4, 0.5) is 24.5 Å². The highest BCUT2D eigenvalue weighted by molar-refractivity contribution is 14.1. The van der Waals surface area contributed by atoms with Gasteiger partial charge in [-0.05, 0) is 65.1 Å². The van der Waals surface area contributed by atoms with Crippen LogP contribution in [0.5, 0.6) is 0 Å². The van der Waals surface area contributed by atoms with Gasteiger partial charge in [0.1, 0.15) is 0 Å². The van der Waals surface area contributed by atoms with Gasteiger partial charge in [-0.2, -0.15) is 13.2 Å². The lowest BCUT2D eigenvalue weighted by Gasteiger charge is -2.07. The van der Waals surface area contributed by atoms with Gasteiger partial charge in [-0.15, -0.1) is 0 Å². The number of H-pyrrole nitrogens is 1. The van der Waals surface area contributed by atoms with E-state index < -0.39 is 12.1 Å². The number of aromatic nitrogens is 2. The molecule has 11 heteroatoms. The first-order valence-corrected chi connectivity index (χ1v) is 9.83. The van der Waals surface area contributed by atoms with Crippen LogP contribution in [-0.2, 0) is 9.59 Å². The van der Waals surface area contributed by atoms with E-state index in [0.29, 0.717) is 21.9 Å². The molecule has 0 fully saturated rings. The summed E-state index contributed by atoms with van der Waals surface area (Å²) in [5, 5.41) is 4.98. The number of thioether (sulfide) groups is 1. The molecule has 3 rings (SSSR count). The molecular weight excluding hydrogens is 508 g/mol. The highest BCUT2D eigenvalue weighted by Crippen LogP contribution is 2.24. The molecule has 6 nitrogen and oxygen atoms in total. The van der Waals surface area contributed by atoms with E-state index in [1.165, 1.54) is 18.2 Å². The number of carbonyl (C=O) groups excluding carboxylic acids is 2. The Bertz CT molecular complexity index is 1020. The zero-order valence-electron chi connectivity index (χ0n) is 13.9. The third-order valence-corrected chi connectivity index (χ3v) is 5.04. The molecular formula is C17H12F3IN4O2S. The minimum Gasteiger partial charge on any atom is -0.333 e. The summed E-state index contributed by atoms with van der Waals surface area (Å²) in [5.74, 6) is -2.17. The van der Waals surface area contributed by atoms with Gasteiger partial charge in [-0.3, -0.25) is 9.59 Å². The molecule has 2 amide bonds. The molecule has 3 aromatic rings. The molecule has 0 bridgehead atoms. The van der Waals surface area contributed by atoms with E-state index in [1.54, 1.807) is 17.4 Å². The summed E-state index contributed by atoms with van der Waals surface area (Å²) in [4.78, 5) is 30.2. The first-order valence-electron chi connectivity index (χ1n) is 7.77. The smallest absolute Gasteiger partial charge is 0.333 e. The number of halogens is 4. The van der Waals surface area contributed by atoms with Gasteiger partial charge >= 0.3 is 12.1 Å². The Balaban J connectivity index is 1.61. The molecule has 0 aliphatic rings. The predicted octanol–water partition coefficient (Wildman–Crippen LogP) is 4.40. The summed E-state index contributed by atoms with van der Waals surface area (Å²) in [5.41, 5.74) is 1.62. The van der Waals surface area contributed by atoms with Crippen LogP contribution >= 0.6 is 34.4 Å². The van der Waals surface area contributed by atoms with E-state index in [2.05, 4.69) is 37.9 Å². The standard InChI is InChI=1S/C17H12F3IN4O2S/c18-17(19,20)15(27)23-11-5-6-12-13(7-11)25-16(24-12)28-8-14(26)22-10-3-1-9(21)2-4-10/h1-7H,8H2,(H,22,26)(H,23,27)(H,24,25). The number of nitrogens with one attached hydrogen (secondary N) is 3. The molecule has 0 saturated heterocycles. The fourth-order valence-electron chi connectivity index (χ4n) is 2.20. The maximum atomic E-state index is 12.3. The van der Waals surface area contributed by atoms with Gasteiger partial charge in [0.25, 0.3) is 0 Å². The number of alkyl halides is 3. The monoisotopic (exact) mass is 520 g/mol. The second-order valence-electron chi connectivity index (χ2n) is 5.57. The average Bonchev–Trinajstić information content (AvgIpc) is 3.03. The molecule has 0 unspecified atom stereocenters. The molecule has 2 aromatic carbocycles. The lowest BCUT2D eigenvalue weighted by atomic mass is 10.2. The van der Waals surface area contributed by atoms with Crippen LogP contribution in [0.1, 0.15) is 0 Å². The lowest BCUT2D eigenvalue weighted by Crippen LogP contribution is -2.29. The van der Waals surface area contributed by atoms with E-state index in [4.69, 9.17) is 0 Å². The number of aromatic amines is 1. The number of anilines is 2. The topological polar surface area (TPSA) is 86.9 Å². The minimum absolute atomic E-state index is 0.00789. The number of carbonyl (C=O) groups is 2. The van der Waals surface area contributed by atoms with Crippen molar-refractivity contribution in [2.24, 2.45) is 0 Å². The molecule has 0 radical (unpaired) electrons. The maximum Gasteiger partial charge on any atom is 0.471 e. The van der Waals surface area contributed by atoms with Gasteiger partial charge in [0, 0.05) is 14.9 Å². The first kappa shape index (κ1) is 20.5. The van der Waals surface area contributed by atoms with Crippen molar-refractivity contribution in [3.05, 3.63) is 46.0 Å². The zero-order valence-corrected chi connectivity index (χ0v) is 16.9. The highest BCUT2D eigenvalue weighted by atomic mass is 127. The summed E-state index contributed by atoms with van der Waals surface area (Å²) < 4.78 is 38.0. The van der Waals surface area contributed by atoms with E-state index >= 15 is 0 Å². The Kier molecular flexibility index (Phi) is 6.13. The summed E-state index contributed by atoms with van der Waals surface area (Å²) in [6.45, 7) is 0. The third kappa shape index (κ3) is 5.38. The summed E-state index contributed by atoms with van der Waals surface area (Å²) >= 11 is 3.32. The van der Waals surface area contributed by atoms with E-state index in [-0.39, 0.29) is 17.3 Å². The Morgan fingerprint density at radius 3 is 2.43 bits per heavy atom. The van der Waals surface area contributed by atoms with E-state index in [9.17, 15) is 22.8 Å². The first-order chi connectivity index (χ1) is 13.2. The maximum absolute atomic E-state index is 12.3. The van der Waals surface area contributed by atoms with Crippen molar-refractivity contribution in [1.82, 2.24) is 9.97 Å². The van der Waals surface area contributed by atoms with Crippen LogP contribution < -0.4 is 10.6 Å². The molecule has 28 heavy (non-hydrogen) atoms. The number of nitrogens with zero attached hydrogens (tertiary/aromatic N) is 1. The summed E-state index contributed by atoms with van der Waals surface area (Å²) in [6, 6.07) is 11.5. The van der Waals surface area contributed by atoms with Crippen molar-refractivity contribution >= 4 is 68.6 Å². The predicted molar refractivity (Wildman–Crippen MR) is 109 cm³/mol. The second kappa shape index (κ2) is 8.39. The van der Waals surface area contributed by atoms with Gasteiger partial charge in [-0.1, -0.05) is 11.8 Å². The molecule has 0 aliphatic heterocycles.